The van der Waals surface area contributed by atoms with Crippen molar-refractivity contribution in [1.29, 1.82) is 0 Å². The van der Waals surface area contributed by atoms with Crippen LogP contribution in [0.4, 0.5) is 13.2 Å². The molecule has 0 amide bonds. The van der Waals surface area contributed by atoms with E-state index in [4.69, 9.17) is 0 Å². The highest BCUT2D eigenvalue weighted by Gasteiger charge is 2.34. The van der Waals surface area contributed by atoms with Crippen molar-refractivity contribution in [2.75, 3.05) is 0 Å². The Hall–Kier alpha value is -1.78. The molecule has 0 N–H and O–H groups in total. The summed E-state index contributed by atoms with van der Waals surface area (Å²) in [5.41, 5.74) is 0.838. The molecule has 0 radical (unpaired) electrons. The van der Waals surface area contributed by atoms with Crippen LogP contribution >= 0.6 is 0 Å². The van der Waals surface area contributed by atoms with Crippen molar-refractivity contribution < 1.29 is 13.2 Å². The molecular formula is C13H13F3N2. The molecular weight excluding hydrogens is 241 g/mol. The molecule has 0 saturated carbocycles. The van der Waals surface area contributed by atoms with Crippen molar-refractivity contribution >= 4 is 0 Å². The van der Waals surface area contributed by atoms with E-state index >= 15 is 0 Å². The molecule has 1 aromatic heterocycles. The van der Waals surface area contributed by atoms with Crippen LogP contribution in [0.2, 0.25) is 0 Å². The van der Waals surface area contributed by atoms with Crippen molar-refractivity contribution in [3.63, 3.8) is 0 Å². The minimum atomic E-state index is -4.36. The van der Waals surface area contributed by atoms with E-state index in [9.17, 15) is 13.2 Å². The number of nitrogens with zero attached hydrogens (tertiary/aromatic N) is 2. The van der Waals surface area contributed by atoms with Crippen molar-refractivity contribution in [3.8, 4) is 5.69 Å². The second-order valence-electron chi connectivity index (χ2n) is 4.13. The molecule has 2 rings (SSSR count). The lowest BCUT2D eigenvalue weighted by Gasteiger charge is -2.14. The van der Waals surface area contributed by atoms with Gasteiger partial charge in [0.1, 0.15) is 0 Å². The SMILES string of the molecule is CCc1ccc(-n2cnc(C)c2)c(C(F)(F)F)c1. The Kier molecular flexibility index (Phi) is 3.15. The van der Waals surface area contributed by atoms with Crippen LogP contribution in [0, 0.1) is 6.92 Å². The lowest BCUT2D eigenvalue weighted by molar-refractivity contribution is -0.137. The maximum atomic E-state index is 13.0. The number of hydrogen-bond donors (Lipinski definition) is 0. The number of rotatable bonds is 2. The molecule has 2 nitrogen and oxygen atoms in total. The van der Waals surface area contributed by atoms with Gasteiger partial charge in [-0.2, -0.15) is 13.2 Å². The van der Waals surface area contributed by atoms with E-state index in [0.717, 1.165) is 0 Å². The third kappa shape index (κ3) is 2.39. The first-order chi connectivity index (χ1) is 8.41. The Labute approximate surface area is 103 Å². The average molecular weight is 254 g/mol. The zero-order valence-electron chi connectivity index (χ0n) is 10.1. The van der Waals surface area contributed by atoms with Gasteiger partial charge in [-0.05, 0) is 31.0 Å². The molecule has 0 fully saturated rings. The lowest BCUT2D eigenvalue weighted by atomic mass is 10.1. The molecule has 0 unspecified atom stereocenters. The number of imidazole rings is 1. The van der Waals surface area contributed by atoms with E-state index in [1.54, 1.807) is 19.2 Å². The summed E-state index contributed by atoms with van der Waals surface area (Å²) in [7, 11) is 0. The Morgan fingerprint density at radius 2 is 2.00 bits per heavy atom. The van der Waals surface area contributed by atoms with E-state index in [-0.39, 0.29) is 5.69 Å². The molecule has 0 atom stereocenters. The normalized spacial score (nSPS) is 11.8. The molecule has 2 aromatic rings. The highest BCUT2D eigenvalue weighted by molar-refractivity contribution is 5.45. The van der Waals surface area contributed by atoms with Gasteiger partial charge in [0, 0.05) is 6.20 Å². The highest BCUT2D eigenvalue weighted by Crippen LogP contribution is 2.34. The molecule has 96 valence electrons. The monoisotopic (exact) mass is 254 g/mol. The summed E-state index contributed by atoms with van der Waals surface area (Å²) in [5, 5.41) is 0. The standard InChI is InChI=1S/C13H13F3N2/c1-3-10-4-5-12(11(6-10)13(14,15)16)18-7-9(2)17-8-18/h4-8H,3H2,1-2H3. The number of benzene rings is 1. The van der Waals surface area contributed by atoms with Crippen molar-refractivity contribution in [2.45, 2.75) is 26.4 Å². The molecule has 1 heterocycles. The van der Waals surface area contributed by atoms with E-state index in [0.29, 0.717) is 17.7 Å². The predicted molar refractivity (Wildman–Crippen MR) is 62.7 cm³/mol. The number of halogens is 3. The Balaban J connectivity index is 2.60. The number of alkyl halides is 3. The fourth-order valence-corrected chi connectivity index (χ4v) is 1.81. The van der Waals surface area contributed by atoms with Gasteiger partial charge in [-0.1, -0.05) is 13.0 Å². The van der Waals surface area contributed by atoms with E-state index in [1.165, 1.54) is 23.0 Å². The fraction of sp³-hybridized carbons (Fsp3) is 0.308. The summed E-state index contributed by atoms with van der Waals surface area (Å²) in [6, 6.07) is 4.40. The molecule has 0 spiro atoms. The summed E-state index contributed by atoms with van der Waals surface area (Å²) < 4.78 is 40.5. The quantitative estimate of drug-likeness (QED) is 0.797. The second kappa shape index (κ2) is 4.48. The first-order valence-electron chi connectivity index (χ1n) is 5.63. The molecule has 0 saturated heterocycles. The first kappa shape index (κ1) is 12.7. The maximum absolute atomic E-state index is 13.0. The van der Waals surface area contributed by atoms with Crippen molar-refractivity contribution in [1.82, 2.24) is 9.55 Å². The van der Waals surface area contributed by atoms with Crippen LogP contribution in [0.1, 0.15) is 23.7 Å². The van der Waals surface area contributed by atoms with Gasteiger partial charge < -0.3 is 4.57 Å². The van der Waals surface area contributed by atoms with Crippen LogP contribution in [0.3, 0.4) is 0 Å². The van der Waals surface area contributed by atoms with Crippen molar-refractivity contribution in [2.24, 2.45) is 0 Å². The van der Waals surface area contributed by atoms with Crippen LogP contribution in [0.5, 0.6) is 0 Å². The third-order valence-corrected chi connectivity index (χ3v) is 2.76. The summed E-state index contributed by atoms with van der Waals surface area (Å²) >= 11 is 0. The zero-order valence-corrected chi connectivity index (χ0v) is 10.1. The van der Waals surface area contributed by atoms with E-state index in [1.807, 2.05) is 6.92 Å². The zero-order chi connectivity index (χ0) is 13.3. The van der Waals surface area contributed by atoms with Gasteiger partial charge in [0.25, 0.3) is 0 Å². The first-order valence-corrected chi connectivity index (χ1v) is 5.63. The van der Waals surface area contributed by atoms with Gasteiger partial charge in [0.05, 0.1) is 23.3 Å². The molecule has 0 aliphatic carbocycles. The van der Waals surface area contributed by atoms with Crippen LogP contribution in [-0.4, -0.2) is 9.55 Å². The van der Waals surface area contributed by atoms with Crippen LogP contribution < -0.4 is 0 Å². The Bertz CT molecular complexity index is 556. The number of aryl methyl sites for hydroxylation is 2. The highest BCUT2D eigenvalue weighted by atomic mass is 19.4. The third-order valence-electron chi connectivity index (χ3n) is 2.76. The number of hydrogen-bond acceptors (Lipinski definition) is 1. The summed E-state index contributed by atoms with van der Waals surface area (Å²) in [6.45, 7) is 3.57. The smallest absolute Gasteiger partial charge is 0.305 e. The summed E-state index contributed by atoms with van der Waals surface area (Å²) in [4.78, 5) is 3.95. The fourth-order valence-electron chi connectivity index (χ4n) is 1.81. The topological polar surface area (TPSA) is 17.8 Å². The molecule has 5 heteroatoms. The average Bonchev–Trinajstić information content (AvgIpc) is 2.74. The lowest BCUT2D eigenvalue weighted by Crippen LogP contribution is -2.10. The van der Waals surface area contributed by atoms with Gasteiger partial charge in [0.15, 0.2) is 0 Å². The van der Waals surface area contributed by atoms with Crippen LogP contribution in [-0.2, 0) is 12.6 Å². The molecule has 0 aliphatic heterocycles. The van der Waals surface area contributed by atoms with Crippen molar-refractivity contribution in [3.05, 3.63) is 47.5 Å². The van der Waals surface area contributed by atoms with Crippen LogP contribution in [0.15, 0.2) is 30.7 Å². The van der Waals surface area contributed by atoms with Gasteiger partial charge in [-0.3, -0.25) is 0 Å². The van der Waals surface area contributed by atoms with Gasteiger partial charge in [0.2, 0.25) is 0 Å². The van der Waals surface area contributed by atoms with E-state index in [2.05, 4.69) is 4.98 Å². The molecule has 0 bridgehead atoms. The van der Waals surface area contributed by atoms with E-state index < -0.39 is 11.7 Å². The maximum Gasteiger partial charge on any atom is 0.418 e. The second-order valence-corrected chi connectivity index (χ2v) is 4.13. The Morgan fingerprint density at radius 3 is 2.50 bits per heavy atom. The predicted octanol–water partition coefficient (Wildman–Crippen LogP) is 3.76. The van der Waals surface area contributed by atoms with Gasteiger partial charge in [-0.15, -0.1) is 0 Å². The number of aromatic nitrogens is 2. The largest absolute Gasteiger partial charge is 0.418 e. The minimum absolute atomic E-state index is 0.111. The molecule has 18 heavy (non-hydrogen) atoms. The molecule has 0 aliphatic rings. The van der Waals surface area contributed by atoms with Gasteiger partial charge >= 0.3 is 6.18 Å². The van der Waals surface area contributed by atoms with Gasteiger partial charge in [-0.25, -0.2) is 4.98 Å². The molecule has 1 aromatic carbocycles. The minimum Gasteiger partial charge on any atom is -0.305 e. The Morgan fingerprint density at radius 1 is 1.28 bits per heavy atom. The summed E-state index contributed by atoms with van der Waals surface area (Å²) in [5.74, 6) is 0. The van der Waals surface area contributed by atoms with Crippen LogP contribution in [0.25, 0.3) is 5.69 Å². The summed E-state index contributed by atoms with van der Waals surface area (Å²) in [6.07, 6.45) is -0.813.